The fraction of sp³-hybridized carbons (Fsp3) is 0.214. The predicted molar refractivity (Wildman–Crippen MR) is 145 cm³/mol. The van der Waals surface area contributed by atoms with Crippen LogP contribution in [0, 0.1) is 0 Å². The van der Waals surface area contributed by atoms with E-state index < -0.39 is 12.0 Å². The normalized spacial score (nSPS) is 15.1. The van der Waals surface area contributed by atoms with Gasteiger partial charge in [-0.1, -0.05) is 66.2 Å². The minimum Gasteiger partial charge on any atom is -0.490 e. The Bertz CT molecular complexity index is 1280. The quantitative estimate of drug-likeness (QED) is 0.271. The van der Waals surface area contributed by atoms with Crippen molar-refractivity contribution in [2.75, 3.05) is 13.2 Å². The van der Waals surface area contributed by atoms with Gasteiger partial charge in [0, 0.05) is 10.6 Å². The minimum atomic E-state index is -0.551. The van der Waals surface area contributed by atoms with E-state index >= 15 is 0 Å². The molecule has 1 atom stereocenters. The molecule has 0 radical (unpaired) electrons. The molecule has 0 aliphatic carbocycles. The third-order valence-electron chi connectivity index (χ3n) is 5.57. The van der Waals surface area contributed by atoms with Crippen molar-refractivity contribution in [1.82, 2.24) is 10.6 Å². The molecule has 0 spiro atoms. The molecule has 3 aromatic carbocycles. The number of carbonyl (C=O) groups is 1. The standard InChI is InChI=1S/C28H27ClN2O4S/c1-3-33-23-16-19(14-15-22(23)35-17-20-12-8-9-13-21(20)29)26-24(27(32)34-4-2)25(30-28(36)31-26)18-10-6-5-7-11-18/h5-16,26H,3-4,17H2,1-2H3,(H2,30,31,36)/t26-/m1/s1. The first-order valence-corrected chi connectivity index (χ1v) is 12.5. The van der Waals surface area contributed by atoms with Crippen molar-refractivity contribution in [3.05, 3.63) is 100 Å². The second-order valence-corrected chi connectivity index (χ2v) is 8.74. The van der Waals surface area contributed by atoms with Crippen LogP contribution in [0.2, 0.25) is 5.02 Å². The zero-order chi connectivity index (χ0) is 25.5. The molecule has 1 heterocycles. The number of ether oxygens (including phenoxy) is 3. The van der Waals surface area contributed by atoms with Crippen LogP contribution in [-0.4, -0.2) is 24.3 Å². The number of benzene rings is 3. The van der Waals surface area contributed by atoms with E-state index in [0.29, 0.717) is 46.1 Å². The molecule has 0 saturated carbocycles. The van der Waals surface area contributed by atoms with Gasteiger partial charge in [0.15, 0.2) is 16.6 Å². The second kappa shape index (κ2) is 11.9. The lowest BCUT2D eigenvalue weighted by molar-refractivity contribution is -0.138. The molecular weight excluding hydrogens is 496 g/mol. The smallest absolute Gasteiger partial charge is 0.338 e. The van der Waals surface area contributed by atoms with Gasteiger partial charge in [0.2, 0.25) is 0 Å². The molecule has 1 aliphatic rings. The lowest BCUT2D eigenvalue weighted by Gasteiger charge is -2.31. The number of hydrogen-bond donors (Lipinski definition) is 2. The van der Waals surface area contributed by atoms with E-state index in [1.54, 1.807) is 6.92 Å². The van der Waals surface area contributed by atoms with Crippen molar-refractivity contribution in [2.45, 2.75) is 26.5 Å². The van der Waals surface area contributed by atoms with Crippen molar-refractivity contribution in [3.63, 3.8) is 0 Å². The van der Waals surface area contributed by atoms with Crippen LogP contribution < -0.4 is 20.1 Å². The highest BCUT2D eigenvalue weighted by molar-refractivity contribution is 7.80. The maximum Gasteiger partial charge on any atom is 0.338 e. The molecule has 0 unspecified atom stereocenters. The summed E-state index contributed by atoms with van der Waals surface area (Å²) in [6, 6.07) is 22.1. The first kappa shape index (κ1) is 25.5. The summed E-state index contributed by atoms with van der Waals surface area (Å²) in [5.41, 5.74) is 3.53. The lowest BCUT2D eigenvalue weighted by atomic mass is 9.92. The Balaban J connectivity index is 1.73. The molecule has 3 aromatic rings. The Kier molecular flexibility index (Phi) is 8.46. The van der Waals surface area contributed by atoms with Gasteiger partial charge < -0.3 is 24.8 Å². The Labute approximate surface area is 221 Å². The third kappa shape index (κ3) is 5.80. The molecule has 0 fully saturated rings. The minimum absolute atomic E-state index is 0.251. The molecule has 4 rings (SSSR count). The van der Waals surface area contributed by atoms with Crippen molar-refractivity contribution < 1.29 is 19.0 Å². The highest BCUT2D eigenvalue weighted by Gasteiger charge is 2.33. The molecule has 6 nitrogen and oxygen atoms in total. The third-order valence-corrected chi connectivity index (χ3v) is 6.16. The molecule has 0 saturated heterocycles. The Morgan fingerprint density at radius 1 is 0.944 bits per heavy atom. The van der Waals surface area contributed by atoms with Gasteiger partial charge in [0.05, 0.1) is 30.5 Å². The van der Waals surface area contributed by atoms with E-state index in [2.05, 4.69) is 10.6 Å². The van der Waals surface area contributed by atoms with Crippen LogP contribution in [0.25, 0.3) is 5.70 Å². The van der Waals surface area contributed by atoms with Crippen LogP contribution in [0.1, 0.15) is 36.6 Å². The second-order valence-electron chi connectivity index (χ2n) is 7.93. The maximum atomic E-state index is 13.2. The van der Waals surface area contributed by atoms with Gasteiger partial charge >= 0.3 is 5.97 Å². The van der Waals surface area contributed by atoms with Crippen LogP contribution in [0.5, 0.6) is 11.5 Å². The topological polar surface area (TPSA) is 68.8 Å². The summed E-state index contributed by atoms with van der Waals surface area (Å²) in [5.74, 6) is 0.695. The van der Waals surface area contributed by atoms with E-state index in [9.17, 15) is 4.79 Å². The molecule has 186 valence electrons. The highest BCUT2D eigenvalue weighted by atomic mass is 35.5. The van der Waals surface area contributed by atoms with Crippen LogP contribution in [0.3, 0.4) is 0 Å². The average molecular weight is 523 g/mol. The molecule has 0 bridgehead atoms. The molecule has 0 amide bonds. The molecule has 0 aromatic heterocycles. The predicted octanol–water partition coefficient (Wildman–Crippen LogP) is 5.81. The monoisotopic (exact) mass is 522 g/mol. The summed E-state index contributed by atoms with van der Waals surface area (Å²) in [6.07, 6.45) is 0. The summed E-state index contributed by atoms with van der Waals surface area (Å²) < 4.78 is 17.4. The zero-order valence-corrected chi connectivity index (χ0v) is 21.6. The van der Waals surface area contributed by atoms with E-state index in [1.165, 1.54) is 0 Å². The summed E-state index contributed by atoms with van der Waals surface area (Å²) in [7, 11) is 0. The number of halogens is 1. The molecule has 1 aliphatic heterocycles. The SMILES string of the molecule is CCOC(=O)C1=C(c2ccccc2)NC(=S)N[C@@H]1c1ccc(OCc2ccccc2Cl)c(OCC)c1. The maximum absolute atomic E-state index is 13.2. The van der Waals surface area contributed by atoms with Crippen molar-refractivity contribution in [3.8, 4) is 11.5 Å². The van der Waals surface area contributed by atoms with Crippen molar-refractivity contribution in [1.29, 1.82) is 0 Å². The van der Waals surface area contributed by atoms with Gasteiger partial charge in [-0.15, -0.1) is 0 Å². The Hall–Kier alpha value is -3.55. The number of nitrogens with one attached hydrogen (secondary N) is 2. The number of thiocarbonyl (C=S) groups is 1. The summed E-state index contributed by atoms with van der Waals surface area (Å²) >= 11 is 11.8. The summed E-state index contributed by atoms with van der Waals surface area (Å²) in [6.45, 7) is 4.67. The Morgan fingerprint density at radius 2 is 1.69 bits per heavy atom. The molecule has 36 heavy (non-hydrogen) atoms. The van der Waals surface area contributed by atoms with Crippen LogP contribution in [0.4, 0.5) is 0 Å². The number of esters is 1. The Morgan fingerprint density at radius 3 is 2.42 bits per heavy atom. The fourth-order valence-electron chi connectivity index (χ4n) is 3.94. The molecule has 8 heteroatoms. The largest absolute Gasteiger partial charge is 0.490 e. The van der Waals surface area contributed by atoms with E-state index in [0.717, 1.165) is 16.7 Å². The first-order valence-electron chi connectivity index (χ1n) is 11.7. The number of rotatable bonds is 9. The summed E-state index contributed by atoms with van der Waals surface area (Å²) in [5, 5.41) is 7.41. The summed E-state index contributed by atoms with van der Waals surface area (Å²) in [4.78, 5) is 13.2. The highest BCUT2D eigenvalue weighted by Crippen LogP contribution is 2.37. The van der Waals surface area contributed by atoms with Crippen LogP contribution in [-0.2, 0) is 16.1 Å². The van der Waals surface area contributed by atoms with Gasteiger partial charge in [0.25, 0.3) is 0 Å². The number of carbonyl (C=O) groups excluding carboxylic acids is 1. The van der Waals surface area contributed by atoms with Gasteiger partial charge in [-0.05, 0) is 55.4 Å². The average Bonchev–Trinajstić information content (AvgIpc) is 2.89. The van der Waals surface area contributed by atoms with Crippen molar-refractivity contribution in [2.24, 2.45) is 0 Å². The van der Waals surface area contributed by atoms with Gasteiger partial charge in [0.1, 0.15) is 6.61 Å². The van der Waals surface area contributed by atoms with Gasteiger partial charge in [-0.3, -0.25) is 0 Å². The number of hydrogen-bond acceptors (Lipinski definition) is 5. The fourth-order valence-corrected chi connectivity index (χ4v) is 4.35. The molecule has 2 N–H and O–H groups in total. The van der Waals surface area contributed by atoms with E-state index in [1.807, 2.05) is 79.7 Å². The van der Waals surface area contributed by atoms with Gasteiger partial charge in [-0.25, -0.2) is 4.79 Å². The van der Waals surface area contributed by atoms with Crippen LogP contribution >= 0.6 is 23.8 Å². The first-order chi connectivity index (χ1) is 17.5. The zero-order valence-electron chi connectivity index (χ0n) is 20.0. The van der Waals surface area contributed by atoms with Gasteiger partial charge in [-0.2, -0.15) is 0 Å². The molecular formula is C28H27ClN2O4S. The van der Waals surface area contributed by atoms with Crippen molar-refractivity contribution >= 4 is 40.6 Å². The van der Waals surface area contributed by atoms with Crippen LogP contribution in [0.15, 0.2) is 78.4 Å². The van der Waals surface area contributed by atoms with E-state index in [4.69, 9.17) is 38.0 Å². The van der Waals surface area contributed by atoms with E-state index in [-0.39, 0.29) is 6.61 Å². The lowest BCUT2D eigenvalue weighted by Crippen LogP contribution is -2.45.